The average molecular weight is 290 g/mol. The van der Waals surface area contributed by atoms with Crippen molar-refractivity contribution in [2.75, 3.05) is 18.6 Å². The number of hydrogen-bond donors (Lipinski definition) is 1. The maximum atomic E-state index is 11.6. The Morgan fingerprint density at radius 2 is 2.11 bits per heavy atom. The predicted octanol–water partition coefficient (Wildman–Crippen LogP) is 2.52. The van der Waals surface area contributed by atoms with Gasteiger partial charge in [-0.1, -0.05) is 11.6 Å². The molecule has 18 heavy (non-hydrogen) atoms. The van der Waals surface area contributed by atoms with Crippen LogP contribution in [0.15, 0.2) is 24.3 Å². The van der Waals surface area contributed by atoms with Gasteiger partial charge in [0.15, 0.2) is 6.10 Å². The van der Waals surface area contributed by atoms with Crippen molar-refractivity contribution < 1.29 is 14.4 Å². The first-order valence-corrected chi connectivity index (χ1v) is 7.23. The number of carbonyl (C=O) groups is 1. The molecule has 0 aromatic heterocycles. The van der Waals surface area contributed by atoms with Crippen molar-refractivity contribution in [2.24, 2.45) is 0 Å². The van der Waals surface area contributed by atoms with Crippen LogP contribution in [-0.4, -0.2) is 30.6 Å². The third-order valence-corrected chi connectivity index (χ3v) is 2.88. The highest BCUT2D eigenvalue weighted by Crippen LogP contribution is 2.16. The van der Waals surface area contributed by atoms with E-state index in [0.717, 1.165) is 5.75 Å². The summed E-state index contributed by atoms with van der Waals surface area (Å²) in [6.45, 7) is 2.13. The van der Waals surface area contributed by atoms with Gasteiger partial charge in [-0.15, -0.1) is 0 Å². The van der Waals surface area contributed by atoms with Crippen LogP contribution in [0.25, 0.3) is 0 Å². The van der Waals surface area contributed by atoms with E-state index in [1.807, 2.05) is 6.26 Å². The number of hydrogen-bond acceptors (Lipinski definition) is 4. The van der Waals surface area contributed by atoms with Crippen molar-refractivity contribution >= 4 is 29.3 Å². The van der Waals surface area contributed by atoms with Crippen LogP contribution < -0.4 is 10.2 Å². The molecule has 4 nitrogen and oxygen atoms in total. The Morgan fingerprint density at radius 1 is 1.44 bits per heavy atom. The minimum Gasteiger partial charge on any atom is -0.481 e. The predicted molar refractivity (Wildman–Crippen MR) is 74.0 cm³/mol. The van der Waals surface area contributed by atoms with Crippen molar-refractivity contribution in [3.8, 4) is 5.75 Å². The zero-order valence-corrected chi connectivity index (χ0v) is 11.9. The highest BCUT2D eigenvalue weighted by atomic mass is 35.5. The second-order valence-corrected chi connectivity index (χ2v) is 4.94. The summed E-state index contributed by atoms with van der Waals surface area (Å²) >= 11 is 7.40. The fraction of sp³-hybridized carbons (Fsp3) is 0.417. The van der Waals surface area contributed by atoms with Crippen LogP contribution >= 0.6 is 23.4 Å². The summed E-state index contributed by atoms with van der Waals surface area (Å²) in [7, 11) is 0. The van der Waals surface area contributed by atoms with Gasteiger partial charge in [-0.2, -0.15) is 11.8 Å². The summed E-state index contributed by atoms with van der Waals surface area (Å²) < 4.78 is 5.43. The Hall–Kier alpha value is -0.910. The molecule has 1 unspecified atom stereocenters. The van der Waals surface area contributed by atoms with E-state index in [0.29, 0.717) is 17.4 Å². The number of benzene rings is 1. The Bertz CT molecular complexity index is 372. The number of amides is 1. The van der Waals surface area contributed by atoms with Gasteiger partial charge in [0.05, 0.1) is 6.61 Å². The number of hydroxylamine groups is 1. The Kier molecular flexibility index (Phi) is 6.93. The van der Waals surface area contributed by atoms with Crippen LogP contribution in [0.3, 0.4) is 0 Å². The minimum atomic E-state index is -0.625. The van der Waals surface area contributed by atoms with E-state index in [1.54, 1.807) is 43.0 Å². The lowest BCUT2D eigenvalue weighted by molar-refractivity contribution is -0.139. The number of nitrogens with one attached hydrogen (secondary N) is 1. The van der Waals surface area contributed by atoms with Gasteiger partial charge in [0.1, 0.15) is 5.75 Å². The molecule has 0 saturated heterocycles. The topological polar surface area (TPSA) is 47.6 Å². The molecule has 0 aliphatic heterocycles. The molecule has 0 aliphatic carbocycles. The second kappa shape index (κ2) is 8.24. The zero-order chi connectivity index (χ0) is 13.4. The van der Waals surface area contributed by atoms with Crippen molar-refractivity contribution in [3.63, 3.8) is 0 Å². The summed E-state index contributed by atoms with van der Waals surface area (Å²) in [5.41, 5.74) is 2.35. The third-order valence-electron chi connectivity index (χ3n) is 2.06. The molecule has 1 rings (SSSR count). The molecule has 6 heteroatoms. The molecule has 1 N–H and O–H groups in total. The zero-order valence-electron chi connectivity index (χ0n) is 10.3. The number of rotatable bonds is 7. The van der Waals surface area contributed by atoms with Gasteiger partial charge in [0.2, 0.25) is 0 Å². The summed E-state index contributed by atoms with van der Waals surface area (Å²) in [5.74, 6) is 1.10. The van der Waals surface area contributed by atoms with Gasteiger partial charge in [0, 0.05) is 10.8 Å². The SMILES string of the molecule is CSCCONC(=O)C(C)Oc1ccc(Cl)cc1. The number of thioether (sulfide) groups is 1. The van der Waals surface area contributed by atoms with Crippen LogP contribution in [-0.2, 0) is 9.63 Å². The summed E-state index contributed by atoms with van der Waals surface area (Å²) in [5, 5.41) is 0.625. The lowest BCUT2D eigenvalue weighted by atomic mass is 10.3. The third kappa shape index (κ3) is 5.62. The molecule has 1 aromatic carbocycles. The van der Waals surface area contributed by atoms with E-state index in [9.17, 15) is 4.79 Å². The van der Waals surface area contributed by atoms with E-state index in [1.165, 1.54) is 0 Å². The molecule has 0 fully saturated rings. The molecule has 100 valence electrons. The fourth-order valence-corrected chi connectivity index (χ4v) is 1.48. The summed E-state index contributed by atoms with van der Waals surface area (Å²) in [6.07, 6.45) is 1.35. The molecule has 0 saturated carbocycles. The summed E-state index contributed by atoms with van der Waals surface area (Å²) in [6, 6.07) is 6.83. The summed E-state index contributed by atoms with van der Waals surface area (Å²) in [4.78, 5) is 16.6. The quantitative estimate of drug-likeness (QED) is 0.619. The molecular formula is C12H16ClNO3S. The lowest BCUT2D eigenvalue weighted by Gasteiger charge is -2.14. The number of ether oxygens (including phenoxy) is 1. The molecular weight excluding hydrogens is 274 g/mol. The highest BCUT2D eigenvalue weighted by Gasteiger charge is 2.14. The van der Waals surface area contributed by atoms with E-state index in [-0.39, 0.29) is 5.91 Å². The molecule has 1 atom stereocenters. The second-order valence-electron chi connectivity index (χ2n) is 3.52. The highest BCUT2D eigenvalue weighted by molar-refractivity contribution is 7.98. The van der Waals surface area contributed by atoms with Gasteiger partial charge in [-0.05, 0) is 37.4 Å². The first kappa shape index (κ1) is 15.1. The van der Waals surface area contributed by atoms with Crippen LogP contribution in [0.1, 0.15) is 6.92 Å². The molecule has 0 bridgehead atoms. The smallest absolute Gasteiger partial charge is 0.284 e. The van der Waals surface area contributed by atoms with E-state index in [2.05, 4.69) is 5.48 Å². The van der Waals surface area contributed by atoms with Gasteiger partial charge < -0.3 is 4.74 Å². The van der Waals surface area contributed by atoms with Gasteiger partial charge in [0.25, 0.3) is 5.91 Å². The Morgan fingerprint density at radius 3 is 2.72 bits per heavy atom. The van der Waals surface area contributed by atoms with Crippen molar-refractivity contribution in [1.29, 1.82) is 0 Å². The van der Waals surface area contributed by atoms with Crippen LogP contribution in [0.5, 0.6) is 5.75 Å². The molecule has 1 amide bonds. The van der Waals surface area contributed by atoms with E-state index >= 15 is 0 Å². The van der Waals surface area contributed by atoms with E-state index in [4.69, 9.17) is 21.2 Å². The van der Waals surface area contributed by atoms with Crippen molar-refractivity contribution in [1.82, 2.24) is 5.48 Å². The fourth-order valence-electron chi connectivity index (χ4n) is 1.10. The Labute approximate surface area is 116 Å². The van der Waals surface area contributed by atoms with E-state index < -0.39 is 6.10 Å². The maximum Gasteiger partial charge on any atom is 0.284 e. The van der Waals surface area contributed by atoms with Crippen LogP contribution in [0.2, 0.25) is 5.02 Å². The maximum absolute atomic E-state index is 11.6. The monoisotopic (exact) mass is 289 g/mol. The molecule has 1 aromatic rings. The van der Waals surface area contributed by atoms with Crippen LogP contribution in [0.4, 0.5) is 0 Å². The first-order valence-electron chi connectivity index (χ1n) is 5.46. The molecule has 0 aliphatic rings. The average Bonchev–Trinajstić information content (AvgIpc) is 2.37. The van der Waals surface area contributed by atoms with Crippen molar-refractivity contribution in [3.05, 3.63) is 29.3 Å². The van der Waals surface area contributed by atoms with Crippen LogP contribution in [0, 0.1) is 0 Å². The first-order chi connectivity index (χ1) is 8.63. The number of carbonyl (C=O) groups excluding carboxylic acids is 1. The molecule has 0 spiro atoms. The minimum absolute atomic E-state index is 0.314. The lowest BCUT2D eigenvalue weighted by Crippen LogP contribution is -2.36. The molecule has 0 radical (unpaired) electrons. The Balaban J connectivity index is 2.33. The molecule has 0 heterocycles. The number of halogens is 1. The largest absolute Gasteiger partial charge is 0.481 e. The van der Waals surface area contributed by atoms with Crippen molar-refractivity contribution in [2.45, 2.75) is 13.0 Å². The van der Waals surface area contributed by atoms with Gasteiger partial charge in [-0.3, -0.25) is 9.63 Å². The van der Waals surface area contributed by atoms with Gasteiger partial charge >= 0.3 is 0 Å². The van der Waals surface area contributed by atoms with Gasteiger partial charge in [-0.25, -0.2) is 5.48 Å². The normalized spacial score (nSPS) is 11.9. The standard InChI is InChI=1S/C12H16ClNO3S/c1-9(12(15)14-16-7-8-18-2)17-11-5-3-10(13)4-6-11/h3-6,9H,7-8H2,1-2H3,(H,14,15).